The van der Waals surface area contributed by atoms with E-state index in [2.05, 4.69) is 38.9 Å². The van der Waals surface area contributed by atoms with E-state index in [0.29, 0.717) is 25.9 Å². The SMILES string of the molecule is CCC1CNC(C)CNc2nc(C(=O)NC)c(C)c3c(F)c(-c4cc(N)cc(F)c4OC4(C#N)CC4)nc(c23)OC1C. The van der Waals surface area contributed by atoms with Crippen molar-refractivity contribution in [3.8, 4) is 29.0 Å². The van der Waals surface area contributed by atoms with E-state index in [-0.39, 0.29) is 74.5 Å². The number of nitrogen functional groups attached to an aromatic ring is 1. The fourth-order valence-electron chi connectivity index (χ4n) is 5.24. The number of nitriles is 1. The van der Waals surface area contributed by atoms with Gasteiger partial charge in [-0.05, 0) is 38.8 Å². The fraction of sp³-hybridized carbons (Fsp3) is 0.467. The zero-order chi connectivity index (χ0) is 30.3. The number of nitrogens with one attached hydrogen (secondary N) is 3. The molecule has 0 saturated heterocycles. The van der Waals surface area contributed by atoms with Crippen molar-refractivity contribution in [1.82, 2.24) is 20.6 Å². The number of hydrogen-bond acceptors (Lipinski definition) is 9. The van der Waals surface area contributed by atoms with Crippen LogP contribution < -0.4 is 31.2 Å². The first-order chi connectivity index (χ1) is 20.0. The van der Waals surface area contributed by atoms with Crippen LogP contribution in [-0.4, -0.2) is 53.8 Å². The Morgan fingerprint density at radius 2 is 2.00 bits per heavy atom. The number of anilines is 2. The number of aromatic nitrogens is 2. The Balaban J connectivity index is 1.85. The summed E-state index contributed by atoms with van der Waals surface area (Å²) in [5.74, 6) is -2.12. The zero-order valence-corrected chi connectivity index (χ0v) is 24.3. The number of carbonyl (C=O) groups is 1. The second-order valence-corrected chi connectivity index (χ2v) is 11.1. The number of rotatable bonds is 5. The molecule has 3 aromatic rings. The Morgan fingerprint density at radius 3 is 2.64 bits per heavy atom. The number of amides is 1. The van der Waals surface area contributed by atoms with Gasteiger partial charge in [-0.15, -0.1) is 0 Å². The maximum atomic E-state index is 16.9. The molecule has 5 N–H and O–H groups in total. The summed E-state index contributed by atoms with van der Waals surface area (Å²) in [5.41, 5.74) is 4.75. The fourth-order valence-corrected chi connectivity index (χ4v) is 5.24. The highest BCUT2D eigenvalue weighted by Gasteiger charge is 2.47. The van der Waals surface area contributed by atoms with Crippen LogP contribution in [0.1, 0.15) is 56.1 Å². The summed E-state index contributed by atoms with van der Waals surface area (Å²) in [7, 11) is 1.47. The Morgan fingerprint density at radius 1 is 1.26 bits per heavy atom. The number of nitrogens with two attached hydrogens (primary N) is 1. The minimum atomic E-state index is -1.20. The molecule has 0 spiro atoms. The van der Waals surface area contributed by atoms with E-state index < -0.39 is 23.1 Å². The van der Waals surface area contributed by atoms with E-state index in [4.69, 9.17) is 15.2 Å². The van der Waals surface area contributed by atoms with Crippen LogP contribution in [-0.2, 0) is 0 Å². The number of halogens is 2. The molecule has 1 aliphatic heterocycles. The van der Waals surface area contributed by atoms with Gasteiger partial charge in [0.2, 0.25) is 5.88 Å². The predicted octanol–water partition coefficient (Wildman–Crippen LogP) is 4.46. The van der Waals surface area contributed by atoms with Gasteiger partial charge in [0.05, 0.1) is 10.9 Å². The molecule has 1 fully saturated rings. The summed E-state index contributed by atoms with van der Waals surface area (Å²) in [4.78, 5) is 22.1. The molecule has 2 aromatic heterocycles. The molecule has 1 aromatic carbocycles. The topological polar surface area (TPSA) is 147 Å². The van der Waals surface area contributed by atoms with Gasteiger partial charge in [0.25, 0.3) is 5.91 Å². The number of pyridine rings is 2. The van der Waals surface area contributed by atoms with Gasteiger partial charge in [0, 0.05) is 62.1 Å². The van der Waals surface area contributed by atoms with Gasteiger partial charge in [-0.1, -0.05) is 6.92 Å². The van der Waals surface area contributed by atoms with Crippen molar-refractivity contribution >= 4 is 28.2 Å². The number of carbonyl (C=O) groups excluding carboxylic acids is 1. The largest absolute Gasteiger partial charge is 0.474 e. The first-order valence-electron chi connectivity index (χ1n) is 14.1. The Hall–Kier alpha value is -4.24. The molecule has 2 aliphatic rings. The average Bonchev–Trinajstić information content (AvgIpc) is 3.74. The van der Waals surface area contributed by atoms with E-state index >= 15 is 8.78 Å². The van der Waals surface area contributed by atoms with Crippen LogP contribution in [0.4, 0.5) is 20.3 Å². The molecule has 0 bridgehead atoms. The van der Waals surface area contributed by atoms with Crippen LogP contribution in [0.3, 0.4) is 0 Å². The van der Waals surface area contributed by atoms with Crippen molar-refractivity contribution < 1.29 is 23.0 Å². The lowest BCUT2D eigenvalue weighted by molar-refractivity contribution is 0.0957. The highest BCUT2D eigenvalue weighted by atomic mass is 19.1. The van der Waals surface area contributed by atoms with Crippen molar-refractivity contribution in [2.45, 2.75) is 64.7 Å². The molecule has 10 nitrogen and oxygen atoms in total. The Kier molecular flexibility index (Phi) is 7.81. The molecule has 5 rings (SSSR count). The summed E-state index contributed by atoms with van der Waals surface area (Å²) in [5, 5.41) is 19.2. The highest BCUT2D eigenvalue weighted by molar-refractivity contribution is 6.06. The summed E-state index contributed by atoms with van der Waals surface area (Å²) >= 11 is 0. The molecule has 12 heteroatoms. The van der Waals surface area contributed by atoms with Crippen LogP contribution in [0.25, 0.3) is 22.0 Å². The van der Waals surface area contributed by atoms with Crippen molar-refractivity contribution in [3.05, 3.63) is 35.0 Å². The smallest absolute Gasteiger partial charge is 0.270 e. The van der Waals surface area contributed by atoms with Crippen molar-refractivity contribution in [2.24, 2.45) is 5.92 Å². The molecule has 3 unspecified atom stereocenters. The van der Waals surface area contributed by atoms with Crippen LogP contribution >= 0.6 is 0 Å². The Bertz CT molecular complexity index is 1600. The number of ether oxygens (including phenoxy) is 2. The molecule has 1 aliphatic carbocycles. The lowest BCUT2D eigenvalue weighted by Crippen LogP contribution is -2.39. The maximum absolute atomic E-state index is 16.9. The summed E-state index contributed by atoms with van der Waals surface area (Å²) in [6.45, 7) is 8.68. The first kappa shape index (κ1) is 29.3. The molecule has 1 amide bonds. The van der Waals surface area contributed by atoms with Crippen LogP contribution in [0.5, 0.6) is 11.6 Å². The predicted molar refractivity (Wildman–Crippen MR) is 155 cm³/mol. The second-order valence-electron chi connectivity index (χ2n) is 11.1. The minimum Gasteiger partial charge on any atom is -0.474 e. The van der Waals surface area contributed by atoms with Crippen LogP contribution in [0.15, 0.2) is 12.1 Å². The zero-order valence-electron chi connectivity index (χ0n) is 24.3. The van der Waals surface area contributed by atoms with Crippen molar-refractivity contribution in [2.75, 3.05) is 31.2 Å². The third-order valence-electron chi connectivity index (χ3n) is 8.05. The Labute approximate surface area is 243 Å². The van der Waals surface area contributed by atoms with Crippen molar-refractivity contribution in [3.63, 3.8) is 0 Å². The van der Waals surface area contributed by atoms with Crippen LogP contribution in [0.2, 0.25) is 0 Å². The quantitative estimate of drug-likeness (QED) is 0.322. The van der Waals surface area contributed by atoms with E-state index in [9.17, 15) is 10.1 Å². The normalized spacial score (nSPS) is 21.3. The average molecular weight is 580 g/mol. The van der Waals surface area contributed by atoms with E-state index in [1.165, 1.54) is 13.1 Å². The monoisotopic (exact) mass is 579 g/mol. The molecule has 222 valence electrons. The molecule has 1 saturated carbocycles. The van der Waals surface area contributed by atoms with Gasteiger partial charge < -0.3 is 31.2 Å². The standard InChI is InChI=1S/C30H35F2N7O3/c1-6-17-12-36-14(2)11-37-27-22-21(15(3)24(38-27)28(40)35-5)23(32)25(39-29(22)41-16(17)4)19-9-18(34)10-20(31)26(19)42-30(13-33)7-8-30/h9-10,14,16-17,36H,6-8,11-12,34H2,1-5H3,(H,35,40)(H,37,38). The van der Waals surface area contributed by atoms with Crippen molar-refractivity contribution in [1.29, 1.82) is 5.26 Å². The summed E-state index contributed by atoms with van der Waals surface area (Å²) in [6.07, 6.45) is 1.27. The van der Waals surface area contributed by atoms with Gasteiger partial charge >= 0.3 is 0 Å². The molecular formula is C30H35F2N7O3. The number of hydrogen-bond donors (Lipinski definition) is 4. The lowest BCUT2D eigenvalue weighted by Gasteiger charge is -2.26. The first-order valence-corrected chi connectivity index (χ1v) is 14.1. The molecule has 42 heavy (non-hydrogen) atoms. The van der Waals surface area contributed by atoms with E-state index in [0.717, 1.165) is 12.5 Å². The molecule has 3 heterocycles. The minimum absolute atomic E-state index is 0.0149. The second kappa shape index (κ2) is 11.2. The van der Waals surface area contributed by atoms with Gasteiger partial charge in [-0.3, -0.25) is 4.79 Å². The van der Waals surface area contributed by atoms with Gasteiger partial charge in [0.15, 0.2) is 23.0 Å². The van der Waals surface area contributed by atoms with Gasteiger partial charge in [-0.25, -0.2) is 18.7 Å². The van der Waals surface area contributed by atoms with E-state index in [1.807, 2.05) is 13.8 Å². The third kappa shape index (κ3) is 5.25. The summed E-state index contributed by atoms with van der Waals surface area (Å²) in [6, 6.07) is 4.51. The van der Waals surface area contributed by atoms with Gasteiger partial charge in [-0.2, -0.15) is 5.26 Å². The van der Waals surface area contributed by atoms with Gasteiger partial charge in [0.1, 0.15) is 29.4 Å². The number of aryl methyl sites for hydroxylation is 1. The maximum Gasteiger partial charge on any atom is 0.270 e. The highest BCUT2D eigenvalue weighted by Crippen LogP contribution is 2.47. The third-order valence-corrected chi connectivity index (χ3v) is 8.05. The molecule has 3 atom stereocenters. The van der Waals surface area contributed by atoms with E-state index in [1.54, 1.807) is 6.92 Å². The molecular weight excluding hydrogens is 544 g/mol. The summed E-state index contributed by atoms with van der Waals surface area (Å²) < 4.78 is 44.5. The number of nitrogens with zero attached hydrogens (tertiary/aromatic N) is 3. The van der Waals surface area contributed by atoms with Crippen LogP contribution in [0, 0.1) is 35.8 Å². The number of benzene rings is 1. The lowest BCUT2D eigenvalue weighted by atomic mass is 9.99. The molecule has 0 radical (unpaired) electrons.